The highest BCUT2D eigenvalue weighted by Crippen LogP contribution is 2.35. The standard InChI is InChI=1S/C23H24N6O3S/c1-14-4-2-5-15(8-14)10-24-21(31)20-22(33-27-26-20)25-23(32)28-11-16-9-17(13-28)18-6-3-7-19(30)29(18)12-16/h2-8,16-17H,9-13H2,1H3,(H,24,31)(H,25,32)/t16-,17+/m1/s1. The minimum atomic E-state index is -0.385. The third-order valence-electron chi connectivity index (χ3n) is 6.23. The number of carbonyl (C=O) groups excluding carboxylic acids is 2. The molecule has 2 aliphatic heterocycles. The number of piperidine rings is 1. The van der Waals surface area contributed by atoms with Gasteiger partial charge in [0.15, 0.2) is 10.7 Å². The Morgan fingerprint density at radius 1 is 1.15 bits per heavy atom. The quantitative estimate of drug-likeness (QED) is 0.617. The smallest absolute Gasteiger partial charge is 0.322 e. The van der Waals surface area contributed by atoms with Crippen molar-refractivity contribution in [3.05, 3.63) is 75.3 Å². The van der Waals surface area contributed by atoms with Gasteiger partial charge in [0.1, 0.15) is 0 Å². The molecule has 2 bridgehead atoms. The average Bonchev–Trinajstić information content (AvgIpc) is 3.26. The first-order valence-corrected chi connectivity index (χ1v) is 11.7. The van der Waals surface area contributed by atoms with Gasteiger partial charge in [-0.05, 0) is 30.9 Å². The summed E-state index contributed by atoms with van der Waals surface area (Å²) in [7, 11) is 0. The van der Waals surface area contributed by atoms with Gasteiger partial charge in [0.2, 0.25) is 0 Å². The van der Waals surface area contributed by atoms with Crippen molar-refractivity contribution in [3.63, 3.8) is 0 Å². The van der Waals surface area contributed by atoms with E-state index in [0.717, 1.165) is 34.8 Å². The fourth-order valence-corrected chi connectivity index (χ4v) is 5.30. The number of nitrogens with zero attached hydrogens (tertiary/aromatic N) is 4. The number of amides is 3. The minimum Gasteiger partial charge on any atom is -0.346 e. The molecule has 4 heterocycles. The number of benzene rings is 1. The van der Waals surface area contributed by atoms with Crippen molar-refractivity contribution in [2.75, 3.05) is 18.4 Å². The van der Waals surface area contributed by atoms with E-state index in [9.17, 15) is 14.4 Å². The molecule has 0 saturated carbocycles. The third kappa shape index (κ3) is 4.38. The molecule has 3 aromatic rings. The summed E-state index contributed by atoms with van der Waals surface area (Å²) in [4.78, 5) is 39.7. The molecule has 1 fully saturated rings. The lowest BCUT2D eigenvalue weighted by Crippen LogP contribution is -2.50. The Hall–Kier alpha value is -3.53. The molecular formula is C23H24N6O3S. The molecule has 10 heteroatoms. The molecule has 0 unspecified atom stereocenters. The Morgan fingerprint density at radius 2 is 2.00 bits per heavy atom. The highest BCUT2D eigenvalue weighted by molar-refractivity contribution is 7.10. The third-order valence-corrected chi connectivity index (χ3v) is 6.87. The summed E-state index contributed by atoms with van der Waals surface area (Å²) in [6.07, 6.45) is 0.960. The van der Waals surface area contributed by atoms with Crippen LogP contribution in [0.2, 0.25) is 0 Å². The lowest BCUT2D eigenvalue weighted by atomic mass is 9.83. The molecule has 0 aliphatic carbocycles. The molecule has 170 valence electrons. The maximum absolute atomic E-state index is 13.0. The molecule has 1 aromatic carbocycles. The van der Waals surface area contributed by atoms with Crippen molar-refractivity contribution >= 4 is 28.5 Å². The normalized spacial score (nSPS) is 19.0. The van der Waals surface area contributed by atoms with Crippen molar-refractivity contribution in [2.45, 2.75) is 32.4 Å². The van der Waals surface area contributed by atoms with Crippen LogP contribution >= 0.6 is 11.5 Å². The van der Waals surface area contributed by atoms with Crippen LogP contribution in [0.15, 0.2) is 47.3 Å². The number of nitrogens with one attached hydrogen (secondary N) is 2. The van der Waals surface area contributed by atoms with Crippen LogP contribution in [0.5, 0.6) is 0 Å². The van der Waals surface area contributed by atoms with E-state index in [0.29, 0.717) is 31.2 Å². The van der Waals surface area contributed by atoms with E-state index in [1.807, 2.05) is 41.8 Å². The van der Waals surface area contributed by atoms with Crippen molar-refractivity contribution in [1.82, 2.24) is 24.4 Å². The summed E-state index contributed by atoms with van der Waals surface area (Å²) in [6.45, 7) is 4.05. The monoisotopic (exact) mass is 464 g/mol. The van der Waals surface area contributed by atoms with Gasteiger partial charge in [0.25, 0.3) is 11.5 Å². The highest BCUT2D eigenvalue weighted by Gasteiger charge is 2.36. The van der Waals surface area contributed by atoms with Gasteiger partial charge in [-0.1, -0.05) is 40.4 Å². The van der Waals surface area contributed by atoms with Crippen molar-refractivity contribution in [2.24, 2.45) is 5.92 Å². The predicted molar refractivity (Wildman–Crippen MR) is 124 cm³/mol. The van der Waals surface area contributed by atoms with E-state index < -0.39 is 0 Å². The van der Waals surface area contributed by atoms with Gasteiger partial charge in [0.05, 0.1) is 0 Å². The molecule has 0 radical (unpaired) electrons. The van der Waals surface area contributed by atoms with Crippen LogP contribution in [0.25, 0.3) is 0 Å². The molecule has 5 rings (SSSR count). The minimum absolute atomic E-state index is 0.0113. The van der Waals surface area contributed by atoms with Gasteiger partial charge in [0, 0.05) is 55.4 Å². The second-order valence-corrected chi connectivity index (χ2v) is 9.41. The first-order chi connectivity index (χ1) is 16.0. The van der Waals surface area contributed by atoms with E-state index in [2.05, 4.69) is 20.2 Å². The van der Waals surface area contributed by atoms with E-state index in [1.54, 1.807) is 17.0 Å². The zero-order valence-electron chi connectivity index (χ0n) is 18.2. The molecular weight excluding hydrogens is 440 g/mol. The number of likely N-dealkylation sites (tertiary alicyclic amines) is 1. The van der Waals surface area contributed by atoms with Crippen LogP contribution in [0.4, 0.5) is 9.80 Å². The molecule has 9 nitrogen and oxygen atoms in total. The number of carbonyl (C=O) groups is 2. The number of fused-ring (bicyclic) bond motifs is 4. The summed E-state index contributed by atoms with van der Waals surface area (Å²) in [5.41, 5.74) is 3.19. The Morgan fingerprint density at radius 3 is 2.85 bits per heavy atom. The number of hydrogen-bond donors (Lipinski definition) is 2. The van der Waals surface area contributed by atoms with E-state index in [4.69, 9.17) is 0 Å². The largest absolute Gasteiger partial charge is 0.346 e. The van der Waals surface area contributed by atoms with Gasteiger partial charge < -0.3 is 14.8 Å². The van der Waals surface area contributed by atoms with Crippen molar-refractivity contribution < 1.29 is 9.59 Å². The maximum Gasteiger partial charge on any atom is 0.322 e. The lowest BCUT2D eigenvalue weighted by molar-refractivity contribution is 0.0946. The predicted octanol–water partition coefficient (Wildman–Crippen LogP) is 2.59. The van der Waals surface area contributed by atoms with E-state index in [1.165, 1.54) is 0 Å². The number of pyridine rings is 1. The van der Waals surface area contributed by atoms with Crippen LogP contribution in [-0.4, -0.2) is 44.1 Å². The molecule has 2 N–H and O–H groups in total. The molecule has 0 spiro atoms. The first kappa shape index (κ1) is 21.3. The van der Waals surface area contributed by atoms with Crippen LogP contribution in [0.1, 0.15) is 39.6 Å². The Balaban J connectivity index is 1.25. The zero-order chi connectivity index (χ0) is 22.9. The summed E-state index contributed by atoms with van der Waals surface area (Å²) >= 11 is 0.980. The molecule has 2 aromatic heterocycles. The summed E-state index contributed by atoms with van der Waals surface area (Å²) in [6, 6.07) is 12.9. The second kappa shape index (κ2) is 8.78. The number of hydrogen-bond acceptors (Lipinski definition) is 6. The summed E-state index contributed by atoms with van der Waals surface area (Å²) in [5, 5.41) is 9.92. The number of anilines is 1. The summed E-state index contributed by atoms with van der Waals surface area (Å²) < 4.78 is 5.70. The molecule has 2 aliphatic rings. The van der Waals surface area contributed by atoms with Gasteiger partial charge in [-0.15, -0.1) is 5.10 Å². The number of aryl methyl sites for hydroxylation is 1. The van der Waals surface area contributed by atoms with Gasteiger partial charge in [-0.3, -0.25) is 14.9 Å². The maximum atomic E-state index is 13.0. The van der Waals surface area contributed by atoms with Crippen LogP contribution in [0.3, 0.4) is 0 Å². The fourth-order valence-electron chi connectivity index (χ4n) is 4.75. The molecule has 33 heavy (non-hydrogen) atoms. The fraction of sp³-hybridized carbons (Fsp3) is 0.348. The average molecular weight is 465 g/mol. The topological polar surface area (TPSA) is 109 Å². The van der Waals surface area contributed by atoms with Gasteiger partial charge >= 0.3 is 6.03 Å². The highest BCUT2D eigenvalue weighted by atomic mass is 32.1. The Kier molecular flexibility index (Phi) is 5.67. The molecule has 2 atom stereocenters. The lowest BCUT2D eigenvalue weighted by Gasteiger charge is -2.42. The number of aromatic nitrogens is 3. The van der Waals surface area contributed by atoms with Crippen LogP contribution in [0, 0.1) is 12.8 Å². The number of urea groups is 1. The SMILES string of the molecule is Cc1cccc(CNC(=O)c2nnsc2NC(=O)N2C[C@H]3C[C@@H](C2)c2cccc(=O)n2C3)c1. The number of rotatable bonds is 4. The van der Waals surface area contributed by atoms with Crippen molar-refractivity contribution in [1.29, 1.82) is 0 Å². The van der Waals surface area contributed by atoms with E-state index >= 15 is 0 Å². The second-order valence-electron chi connectivity index (χ2n) is 8.66. The molecule has 1 saturated heterocycles. The zero-order valence-corrected chi connectivity index (χ0v) is 19.0. The Labute approximate surface area is 194 Å². The van der Waals surface area contributed by atoms with E-state index in [-0.39, 0.29) is 35.0 Å². The van der Waals surface area contributed by atoms with Crippen molar-refractivity contribution in [3.8, 4) is 0 Å². The Bertz CT molecular complexity index is 1270. The molecule has 3 amide bonds. The van der Waals surface area contributed by atoms with Gasteiger partial charge in [-0.2, -0.15) is 0 Å². The van der Waals surface area contributed by atoms with Crippen LogP contribution in [-0.2, 0) is 13.1 Å². The van der Waals surface area contributed by atoms with Gasteiger partial charge in [-0.25, -0.2) is 4.79 Å². The van der Waals surface area contributed by atoms with Crippen LogP contribution < -0.4 is 16.2 Å². The summed E-state index contributed by atoms with van der Waals surface area (Å²) in [5.74, 6) is -0.0445. The first-order valence-electron chi connectivity index (χ1n) is 10.9.